The summed E-state index contributed by atoms with van der Waals surface area (Å²) in [5.74, 6) is 1.56. The van der Waals surface area contributed by atoms with Crippen molar-refractivity contribution in [2.45, 2.75) is 25.7 Å². The molecule has 0 radical (unpaired) electrons. The fourth-order valence-electron chi connectivity index (χ4n) is 1.93. The Labute approximate surface area is 121 Å². The van der Waals surface area contributed by atoms with E-state index in [1.165, 1.54) is 0 Å². The van der Waals surface area contributed by atoms with Gasteiger partial charge in [0.2, 0.25) is 0 Å². The van der Waals surface area contributed by atoms with Gasteiger partial charge in [-0.25, -0.2) is 14.6 Å². The number of hydrogen-bond donors (Lipinski definition) is 1. The smallest absolute Gasteiger partial charge is 0.271 e. The third-order valence-electron chi connectivity index (χ3n) is 3.29. The number of amides is 1. The second-order valence-corrected chi connectivity index (χ2v) is 5.18. The molecule has 1 aliphatic carbocycles. The van der Waals surface area contributed by atoms with E-state index in [2.05, 4.69) is 20.4 Å². The largest absolute Gasteiger partial charge is 0.354 e. The lowest BCUT2D eigenvalue weighted by atomic mass is 10.3. The lowest BCUT2D eigenvalue weighted by molar-refractivity contribution is 0.0957. The molecule has 1 N–H and O–H groups in total. The monoisotopic (exact) mass is 291 g/mol. The predicted octanol–water partition coefficient (Wildman–Crippen LogP) is 1.86. The molecular formula is C13H14ClN5O. The van der Waals surface area contributed by atoms with Gasteiger partial charge in [0, 0.05) is 24.7 Å². The second-order valence-electron chi connectivity index (χ2n) is 4.82. The minimum atomic E-state index is -0.232. The first-order valence-electron chi connectivity index (χ1n) is 6.42. The quantitative estimate of drug-likeness (QED) is 0.876. The van der Waals surface area contributed by atoms with Crippen LogP contribution in [0.5, 0.6) is 0 Å². The number of nitrogens with zero attached hydrogens (tertiary/aromatic N) is 4. The van der Waals surface area contributed by atoms with Crippen LogP contribution in [0.3, 0.4) is 0 Å². The van der Waals surface area contributed by atoms with Crippen LogP contribution < -0.4 is 5.32 Å². The minimum Gasteiger partial charge on any atom is -0.354 e. The molecule has 7 heteroatoms. The summed E-state index contributed by atoms with van der Waals surface area (Å²) in [6.45, 7) is 1.84. The van der Waals surface area contributed by atoms with E-state index in [1.807, 2.05) is 6.92 Å². The maximum Gasteiger partial charge on any atom is 0.271 e. The average Bonchev–Trinajstić information content (AvgIpc) is 3.18. The van der Waals surface area contributed by atoms with E-state index in [9.17, 15) is 4.79 Å². The van der Waals surface area contributed by atoms with E-state index in [4.69, 9.17) is 11.6 Å². The Morgan fingerprint density at radius 2 is 2.20 bits per heavy atom. The molecule has 1 aliphatic rings. The van der Waals surface area contributed by atoms with Gasteiger partial charge in [0.15, 0.2) is 11.5 Å². The summed E-state index contributed by atoms with van der Waals surface area (Å²) < 4.78 is 1.57. The molecule has 0 aromatic carbocycles. The van der Waals surface area contributed by atoms with Crippen LogP contribution >= 0.6 is 11.6 Å². The van der Waals surface area contributed by atoms with Gasteiger partial charge >= 0.3 is 0 Å². The first-order chi connectivity index (χ1) is 9.60. The van der Waals surface area contributed by atoms with Gasteiger partial charge in [-0.1, -0.05) is 11.6 Å². The highest BCUT2D eigenvalue weighted by Gasteiger charge is 2.28. The average molecular weight is 292 g/mol. The van der Waals surface area contributed by atoms with Crippen LogP contribution in [0.4, 0.5) is 0 Å². The summed E-state index contributed by atoms with van der Waals surface area (Å²) in [6, 6.07) is 1.64. The molecule has 0 spiro atoms. The number of nitrogens with one attached hydrogen (secondary N) is 1. The number of rotatable bonds is 3. The molecule has 104 valence electrons. The molecule has 0 saturated heterocycles. The predicted molar refractivity (Wildman–Crippen MR) is 74.3 cm³/mol. The zero-order chi connectivity index (χ0) is 14.3. The summed E-state index contributed by atoms with van der Waals surface area (Å²) in [5.41, 5.74) is 1.09. The van der Waals surface area contributed by atoms with Gasteiger partial charge < -0.3 is 5.32 Å². The van der Waals surface area contributed by atoms with E-state index in [0.29, 0.717) is 22.6 Å². The minimum absolute atomic E-state index is 0.232. The van der Waals surface area contributed by atoms with Gasteiger partial charge in [-0.05, 0) is 25.8 Å². The molecule has 1 saturated carbocycles. The van der Waals surface area contributed by atoms with Crippen molar-refractivity contribution in [2.75, 3.05) is 7.05 Å². The van der Waals surface area contributed by atoms with Gasteiger partial charge in [0.25, 0.3) is 5.91 Å². The molecular weight excluding hydrogens is 278 g/mol. The van der Waals surface area contributed by atoms with Crippen LogP contribution in [-0.2, 0) is 0 Å². The van der Waals surface area contributed by atoms with Crippen LogP contribution in [0, 0.1) is 6.92 Å². The van der Waals surface area contributed by atoms with E-state index >= 15 is 0 Å². The maximum absolute atomic E-state index is 11.5. The number of halogens is 1. The molecule has 0 aliphatic heterocycles. The molecule has 6 nitrogen and oxygen atoms in total. The van der Waals surface area contributed by atoms with Crippen molar-refractivity contribution in [3.05, 3.63) is 34.5 Å². The van der Waals surface area contributed by atoms with E-state index in [-0.39, 0.29) is 5.91 Å². The number of hydrogen-bond acceptors (Lipinski definition) is 4. The van der Waals surface area contributed by atoms with Crippen LogP contribution in [0.2, 0.25) is 5.15 Å². The summed E-state index contributed by atoms with van der Waals surface area (Å²) >= 11 is 6.17. The van der Waals surface area contributed by atoms with E-state index in [1.54, 1.807) is 24.0 Å². The van der Waals surface area contributed by atoms with Crippen LogP contribution in [-0.4, -0.2) is 32.7 Å². The molecule has 1 fully saturated rings. The van der Waals surface area contributed by atoms with Gasteiger partial charge in [-0.3, -0.25) is 4.79 Å². The Balaban J connectivity index is 2.04. The Kier molecular flexibility index (Phi) is 3.17. The third-order valence-corrected chi connectivity index (χ3v) is 3.65. The van der Waals surface area contributed by atoms with Gasteiger partial charge in [0.05, 0.1) is 0 Å². The number of carbonyl (C=O) groups excluding carboxylic acids is 1. The fourth-order valence-corrected chi connectivity index (χ4v) is 2.10. The van der Waals surface area contributed by atoms with Crippen LogP contribution in [0.1, 0.15) is 40.6 Å². The van der Waals surface area contributed by atoms with Gasteiger partial charge in [-0.15, -0.1) is 0 Å². The Hall–Kier alpha value is -1.95. The van der Waals surface area contributed by atoms with Gasteiger partial charge in [-0.2, -0.15) is 5.10 Å². The molecule has 0 bridgehead atoms. The molecule has 0 unspecified atom stereocenters. The van der Waals surface area contributed by atoms with E-state index < -0.39 is 0 Å². The van der Waals surface area contributed by atoms with Crippen LogP contribution in [0.25, 0.3) is 5.82 Å². The second kappa shape index (κ2) is 4.86. The Bertz CT molecular complexity index is 677. The SMILES string of the molecule is CNC(=O)c1ccn(-c2nc(C3CC3)nc(Cl)c2C)n1. The highest BCUT2D eigenvalue weighted by Crippen LogP contribution is 2.39. The lowest BCUT2D eigenvalue weighted by Gasteiger charge is -2.08. The zero-order valence-corrected chi connectivity index (χ0v) is 12.0. The molecule has 2 heterocycles. The summed E-state index contributed by atoms with van der Waals surface area (Å²) in [5, 5.41) is 7.21. The Morgan fingerprint density at radius 3 is 2.85 bits per heavy atom. The highest BCUT2D eigenvalue weighted by molar-refractivity contribution is 6.30. The zero-order valence-electron chi connectivity index (χ0n) is 11.2. The molecule has 20 heavy (non-hydrogen) atoms. The normalized spacial score (nSPS) is 14.3. The molecule has 3 rings (SSSR count). The maximum atomic E-state index is 11.5. The van der Waals surface area contributed by atoms with Crippen molar-refractivity contribution in [1.29, 1.82) is 0 Å². The van der Waals surface area contributed by atoms with Crippen molar-refractivity contribution in [3.63, 3.8) is 0 Å². The standard InChI is InChI=1S/C13H14ClN5O/c1-7-10(14)16-11(8-3-4-8)17-12(7)19-6-5-9(18-19)13(20)15-2/h5-6,8H,3-4H2,1-2H3,(H,15,20). The number of carbonyl (C=O) groups is 1. The van der Waals surface area contributed by atoms with Crippen molar-refractivity contribution in [1.82, 2.24) is 25.1 Å². The third kappa shape index (κ3) is 2.27. The van der Waals surface area contributed by atoms with E-state index in [0.717, 1.165) is 24.2 Å². The van der Waals surface area contributed by atoms with Gasteiger partial charge in [0.1, 0.15) is 11.0 Å². The molecule has 2 aromatic rings. The van der Waals surface area contributed by atoms with Crippen molar-refractivity contribution in [3.8, 4) is 5.82 Å². The molecule has 0 atom stereocenters. The fraction of sp³-hybridized carbons (Fsp3) is 0.385. The Morgan fingerprint density at radius 1 is 1.45 bits per heavy atom. The summed E-state index contributed by atoms with van der Waals surface area (Å²) in [6.07, 6.45) is 3.90. The lowest BCUT2D eigenvalue weighted by Crippen LogP contribution is -2.18. The van der Waals surface area contributed by atoms with Crippen molar-refractivity contribution in [2.24, 2.45) is 0 Å². The van der Waals surface area contributed by atoms with Crippen molar-refractivity contribution >= 4 is 17.5 Å². The highest BCUT2D eigenvalue weighted by atomic mass is 35.5. The first-order valence-corrected chi connectivity index (χ1v) is 6.80. The topological polar surface area (TPSA) is 72.7 Å². The summed E-state index contributed by atoms with van der Waals surface area (Å²) in [7, 11) is 1.57. The molecule has 1 amide bonds. The summed E-state index contributed by atoms with van der Waals surface area (Å²) in [4.78, 5) is 20.4. The van der Waals surface area contributed by atoms with Crippen LogP contribution in [0.15, 0.2) is 12.3 Å². The first kappa shape index (κ1) is 13.1. The van der Waals surface area contributed by atoms with Crippen molar-refractivity contribution < 1.29 is 4.79 Å². The molecule has 2 aromatic heterocycles. The number of aromatic nitrogens is 4.